The van der Waals surface area contributed by atoms with Gasteiger partial charge in [0.2, 0.25) is 5.78 Å². The molecule has 1 heterocycles. The predicted octanol–water partition coefficient (Wildman–Crippen LogP) is 3.33. The zero-order valence-electron chi connectivity index (χ0n) is 19.2. The Morgan fingerprint density at radius 3 is 2.40 bits per heavy atom. The van der Waals surface area contributed by atoms with Gasteiger partial charge in [-0.3, -0.25) is 9.59 Å². The molecule has 35 heavy (non-hydrogen) atoms. The van der Waals surface area contributed by atoms with Crippen molar-refractivity contribution in [2.75, 3.05) is 13.1 Å². The zero-order chi connectivity index (χ0) is 25.2. The number of benzene rings is 1. The van der Waals surface area contributed by atoms with Crippen LogP contribution in [0, 0.1) is 6.92 Å². The molecule has 0 unspecified atom stereocenters. The van der Waals surface area contributed by atoms with Crippen LogP contribution in [0.1, 0.15) is 45.1 Å². The number of unbranched alkanes of at least 4 members (excludes halogenated alkanes) is 1. The Hall–Kier alpha value is -4.24. The molecule has 0 radical (unpaired) electrons. The summed E-state index contributed by atoms with van der Waals surface area (Å²) in [5.41, 5.74) is 0.862. The number of furan rings is 1. The quantitative estimate of drug-likeness (QED) is 0.175. The Morgan fingerprint density at radius 1 is 1.06 bits per heavy atom. The van der Waals surface area contributed by atoms with Crippen LogP contribution < -0.4 is 5.32 Å². The summed E-state index contributed by atoms with van der Waals surface area (Å²) in [7, 11) is 0. The number of carboxylic acids is 1. The maximum atomic E-state index is 12.9. The number of hydroxylamine groups is 2. The number of aliphatic carboxylic acids is 1. The molecule has 0 atom stereocenters. The van der Waals surface area contributed by atoms with Crippen molar-refractivity contribution in [2.24, 2.45) is 0 Å². The molecule has 0 aliphatic heterocycles. The maximum Gasteiger partial charge on any atom is 0.441 e. The van der Waals surface area contributed by atoms with Gasteiger partial charge < -0.3 is 19.7 Å². The molecule has 0 fully saturated rings. The number of hydrogen-bond acceptors (Lipinski definition) is 7. The molecule has 0 bridgehead atoms. The van der Waals surface area contributed by atoms with Crippen LogP contribution in [-0.4, -0.2) is 52.9 Å². The second kappa shape index (κ2) is 12.3. The summed E-state index contributed by atoms with van der Waals surface area (Å²) in [6, 6.07) is 9.71. The van der Waals surface area contributed by atoms with Crippen molar-refractivity contribution in [2.45, 2.75) is 25.8 Å². The molecule has 1 aliphatic rings. The fraction of sp³-hybridized carbons (Fsp3) is 0.231. The number of nitrogens with zero attached hydrogens (tertiary/aromatic N) is 1. The van der Waals surface area contributed by atoms with Crippen molar-refractivity contribution < 1.29 is 33.5 Å². The van der Waals surface area contributed by atoms with E-state index in [0.717, 1.165) is 5.06 Å². The predicted molar refractivity (Wildman–Crippen MR) is 127 cm³/mol. The number of nitrogens with one attached hydrogen (secondary N) is 1. The van der Waals surface area contributed by atoms with E-state index >= 15 is 0 Å². The zero-order valence-corrected chi connectivity index (χ0v) is 19.2. The van der Waals surface area contributed by atoms with E-state index in [-0.39, 0.29) is 29.7 Å². The summed E-state index contributed by atoms with van der Waals surface area (Å²) in [5, 5.41) is 12.9. The van der Waals surface area contributed by atoms with Crippen molar-refractivity contribution in [3.8, 4) is 0 Å². The standard InChI is InChI=1S/C26H26N2O7/c1-18-8-15-23(34-18)22(29)14-11-19-9-12-20(13-10-19)24(30)28(35-26(33)25(31)32)17-5-4-16-27-21-6-2-3-7-21/h2-3,6-15,21,27H,4-5,16-17H2,1H3,(H,31,32)/b14-11+. The van der Waals surface area contributed by atoms with Crippen molar-refractivity contribution in [3.05, 3.63) is 89.4 Å². The molecule has 1 aromatic carbocycles. The fourth-order valence-corrected chi connectivity index (χ4v) is 3.25. The lowest BCUT2D eigenvalue weighted by atomic mass is 10.1. The smallest absolute Gasteiger partial charge is 0.441 e. The first kappa shape index (κ1) is 25.4. The molecule has 1 amide bonds. The number of hydrogen-bond donors (Lipinski definition) is 2. The van der Waals surface area contributed by atoms with Crippen LogP contribution in [0.25, 0.3) is 6.08 Å². The second-order valence-electron chi connectivity index (χ2n) is 7.78. The molecule has 0 saturated heterocycles. The number of carboxylic acid groups (broad SMARTS) is 1. The minimum absolute atomic E-state index is 0.0363. The molecular weight excluding hydrogens is 452 g/mol. The van der Waals surface area contributed by atoms with Crippen molar-refractivity contribution in [1.82, 2.24) is 10.4 Å². The van der Waals surface area contributed by atoms with Crippen LogP contribution in [0.2, 0.25) is 0 Å². The molecule has 3 rings (SSSR count). The first-order valence-corrected chi connectivity index (χ1v) is 11.1. The number of carbonyl (C=O) groups is 4. The van der Waals surface area contributed by atoms with Gasteiger partial charge in [0.1, 0.15) is 5.76 Å². The summed E-state index contributed by atoms with van der Waals surface area (Å²) in [5.74, 6) is -3.40. The molecule has 9 heteroatoms. The first-order chi connectivity index (χ1) is 16.8. The van der Waals surface area contributed by atoms with Crippen LogP contribution >= 0.6 is 0 Å². The molecule has 9 nitrogen and oxygen atoms in total. The molecular formula is C26H26N2O7. The highest BCUT2D eigenvalue weighted by molar-refractivity contribution is 6.28. The van der Waals surface area contributed by atoms with Gasteiger partial charge in [0.05, 0.1) is 6.54 Å². The van der Waals surface area contributed by atoms with E-state index in [1.807, 2.05) is 24.3 Å². The lowest BCUT2D eigenvalue weighted by Gasteiger charge is -2.20. The maximum absolute atomic E-state index is 12.9. The second-order valence-corrected chi connectivity index (χ2v) is 7.78. The number of amides is 1. The van der Waals surface area contributed by atoms with Gasteiger partial charge in [-0.2, -0.15) is 5.06 Å². The largest absolute Gasteiger partial charge is 0.473 e. The van der Waals surface area contributed by atoms with E-state index in [0.29, 0.717) is 30.7 Å². The fourth-order valence-electron chi connectivity index (χ4n) is 3.25. The van der Waals surface area contributed by atoms with Gasteiger partial charge in [0.25, 0.3) is 5.91 Å². The average Bonchev–Trinajstić information content (AvgIpc) is 3.53. The highest BCUT2D eigenvalue weighted by Crippen LogP contribution is 2.13. The monoisotopic (exact) mass is 478 g/mol. The number of allylic oxidation sites excluding steroid dienone is 3. The Kier molecular flexibility index (Phi) is 8.91. The van der Waals surface area contributed by atoms with Gasteiger partial charge in [-0.25, -0.2) is 9.59 Å². The van der Waals surface area contributed by atoms with Gasteiger partial charge in [-0.1, -0.05) is 42.5 Å². The van der Waals surface area contributed by atoms with Crippen LogP contribution in [0.5, 0.6) is 0 Å². The summed E-state index contributed by atoms with van der Waals surface area (Å²) in [6.07, 6.45) is 12.0. The third-order valence-corrected chi connectivity index (χ3v) is 5.08. The highest BCUT2D eigenvalue weighted by Gasteiger charge is 2.24. The van der Waals surface area contributed by atoms with Crippen molar-refractivity contribution in [3.63, 3.8) is 0 Å². The Balaban J connectivity index is 1.58. The molecule has 0 saturated carbocycles. The van der Waals surface area contributed by atoms with Crippen molar-refractivity contribution in [1.29, 1.82) is 0 Å². The summed E-state index contributed by atoms with van der Waals surface area (Å²) in [4.78, 5) is 52.3. The summed E-state index contributed by atoms with van der Waals surface area (Å²) >= 11 is 0. The minimum Gasteiger partial charge on any atom is -0.473 e. The van der Waals surface area contributed by atoms with E-state index in [1.165, 1.54) is 18.2 Å². The average molecular weight is 479 g/mol. The van der Waals surface area contributed by atoms with Gasteiger partial charge in [0, 0.05) is 11.6 Å². The molecule has 1 aromatic heterocycles. The molecule has 2 aromatic rings. The number of carbonyl (C=O) groups excluding carboxylic acids is 3. The van der Waals surface area contributed by atoms with E-state index in [4.69, 9.17) is 14.4 Å². The summed E-state index contributed by atoms with van der Waals surface area (Å²) < 4.78 is 5.29. The Morgan fingerprint density at radius 2 is 1.77 bits per heavy atom. The number of rotatable bonds is 10. The van der Waals surface area contributed by atoms with Crippen LogP contribution in [-0.2, 0) is 14.4 Å². The lowest BCUT2D eigenvalue weighted by Crippen LogP contribution is -2.37. The first-order valence-electron chi connectivity index (χ1n) is 11.1. The molecule has 1 aliphatic carbocycles. The molecule has 0 spiro atoms. The molecule has 2 N–H and O–H groups in total. The number of aryl methyl sites for hydroxylation is 1. The Labute approximate surface area is 202 Å². The molecule has 182 valence electrons. The lowest BCUT2D eigenvalue weighted by molar-refractivity contribution is -0.187. The van der Waals surface area contributed by atoms with Gasteiger partial charge in [-0.15, -0.1) is 0 Å². The van der Waals surface area contributed by atoms with Crippen molar-refractivity contribution >= 4 is 29.7 Å². The van der Waals surface area contributed by atoms with E-state index in [9.17, 15) is 19.2 Å². The van der Waals surface area contributed by atoms with Gasteiger partial charge in [-0.05, 0) is 62.2 Å². The Bertz CT molecular complexity index is 1150. The van der Waals surface area contributed by atoms with Crippen LogP contribution in [0.15, 0.2) is 71.2 Å². The van der Waals surface area contributed by atoms with Gasteiger partial charge in [0.15, 0.2) is 5.76 Å². The SMILES string of the molecule is Cc1ccc(C(=O)/C=C/c2ccc(C(=O)N(CCCCNC3C=CC=C3)OC(=O)C(=O)O)cc2)o1. The van der Waals surface area contributed by atoms with E-state index < -0.39 is 17.8 Å². The van der Waals surface area contributed by atoms with E-state index in [2.05, 4.69) is 5.32 Å². The summed E-state index contributed by atoms with van der Waals surface area (Å²) in [6.45, 7) is 2.45. The van der Waals surface area contributed by atoms with Gasteiger partial charge >= 0.3 is 11.9 Å². The third-order valence-electron chi connectivity index (χ3n) is 5.08. The van der Waals surface area contributed by atoms with Crippen LogP contribution in [0.4, 0.5) is 0 Å². The topological polar surface area (TPSA) is 126 Å². The third kappa shape index (κ3) is 7.65. The number of ketones is 1. The minimum atomic E-state index is -1.79. The van der Waals surface area contributed by atoms with E-state index in [1.54, 1.807) is 37.3 Å². The highest BCUT2D eigenvalue weighted by atomic mass is 16.7. The normalized spacial score (nSPS) is 12.8. The van der Waals surface area contributed by atoms with Crippen LogP contribution in [0.3, 0.4) is 0 Å².